The van der Waals surface area contributed by atoms with Gasteiger partial charge >= 0.3 is 7.60 Å². The molecule has 0 amide bonds. The van der Waals surface area contributed by atoms with E-state index < -0.39 is 13.4 Å². The fourth-order valence-electron chi connectivity index (χ4n) is 5.95. The van der Waals surface area contributed by atoms with Gasteiger partial charge in [-0.05, 0) is 78.9 Å². The molecule has 0 aliphatic heterocycles. The first-order valence-corrected chi connectivity index (χ1v) is 14.9. The minimum atomic E-state index is -3.89. The maximum atomic E-state index is 14.6. The predicted octanol–water partition coefficient (Wildman–Crippen LogP) is 7.83. The zero-order chi connectivity index (χ0) is 25.0. The standard InChI is InChI=1S/C28H47O5P/c1-18(2)24-14-8-20(5)16-26(24)32-34(30,28(29)22-10-12-23(31-7)13-11-22)33-27-17-21(6)9-15-25(27)19(3)4/h10-13,18-21,24-29H,8-9,14-17H2,1-7H3/t20-,21-,24+,25+,26+,27+,28+/m0/s1. The number of rotatable bonds is 9. The van der Waals surface area contributed by atoms with Crippen molar-refractivity contribution in [3.8, 4) is 5.75 Å². The minimum absolute atomic E-state index is 0.180. The molecule has 0 radical (unpaired) electrons. The minimum Gasteiger partial charge on any atom is -0.497 e. The molecule has 7 atom stereocenters. The number of ether oxygens (including phenoxy) is 1. The van der Waals surface area contributed by atoms with Gasteiger partial charge in [0.05, 0.1) is 19.3 Å². The van der Waals surface area contributed by atoms with Crippen LogP contribution in [-0.2, 0) is 13.6 Å². The molecular weight excluding hydrogens is 447 g/mol. The summed E-state index contributed by atoms with van der Waals surface area (Å²) in [6.45, 7) is 13.3. The molecule has 1 aromatic carbocycles. The Morgan fingerprint density at radius 2 is 1.26 bits per heavy atom. The van der Waals surface area contributed by atoms with Crippen molar-refractivity contribution in [1.29, 1.82) is 0 Å². The van der Waals surface area contributed by atoms with Crippen molar-refractivity contribution in [3.05, 3.63) is 29.8 Å². The first-order valence-electron chi connectivity index (χ1n) is 13.3. The van der Waals surface area contributed by atoms with Crippen molar-refractivity contribution in [2.75, 3.05) is 7.11 Å². The molecule has 6 heteroatoms. The first-order chi connectivity index (χ1) is 16.0. The smallest absolute Gasteiger partial charge is 0.363 e. The zero-order valence-electron chi connectivity index (χ0n) is 22.3. The number of benzene rings is 1. The molecule has 2 fully saturated rings. The van der Waals surface area contributed by atoms with Crippen LogP contribution in [0.2, 0.25) is 0 Å². The van der Waals surface area contributed by atoms with E-state index in [1.54, 1.807) is 31.4 Å². The molecule has 0 unspecified atom stereocenters. The van der Waals surface area contributed by atoms with Crippen LogP contribution in [0.25, 0.3) is 0 Å². The number of aliphatic hydroxyl groups excluding tert-OH is 1. The number of hydrogen-bond donors (Lipinski definition) is 1. The number of methoxy groups -OCH3 is 1. The highest BCUT2D eigenvalue weighted by atomic mass is 31.2. The van der Waals surface area contributed by atoms with Crippen LogP contribution in [0.1, 0.15) is 91.5 Å². The maximum absolute atomic E-state index is 14.6. The molecule has 194 valence electrons. The molecule has 0 spiro atoms. The molecule has 3 rings (SSSR count). The van der Waals surface area contributed by atoms with Crippen LogP contribution in [0.5, 0.6) is 5.75 Å². The highest BCUT2D eigenvalue weighted by molar-refractivity contribution is 7.54. The molecule has 0 saturated heterocycles. The summed E-state index contributed by atoms with van der Waals surface area (Å²) in [6.07, 6.45) is 5.76. The predicted molar refractivity (Wildman–Crippen MR) is 138 cm³/mol. The van der Waals surface area contributed by atoms with Gasteiger partial charge in [-0.2, -0.15) is 0 Å². The van der Waals surface area contributed by atoms with E-state index >= 15 is 0 Å². The number of hydrogen-bond acceptors (Lipinski definition) is 5. The Balaban J connectivity index is 1.94. The molecule has 2 aliphatic rings. The molecule has 0 heterocycles. The van der Waals surface area contributed by atoms with E-state index in [2.05, 4.69) is 41.5 Å². The third-order valence-corrected chi connectivity index (χ3v) is 10.2. The molecule has 34 heavy (non-hydrogen) atoms. The monoisotopic (exact) mass is 494 g/mol. The second kappa shape index (κ2) is 11.9. The van der Waals surface area contributed by atoms with E-state index in [0.29, 0.717) is 46.8 Å². The van der Waals surface area contributed by atoms with Gasteiger partial charge in [-0.15, -0.1) is 0 Å². The largest absolute Gasteiger partial charge is 0.497 e. The lowest BCUT2D eigenvalue weighted by molar-refractivity contribution is -0.0154. The summed E-state index contributed by atoms with van der Waals surface area (Å²) >= 11 is 0. The summed E-state index contributed by atoms with van der Waals surface area (Å²) in [5.41, 5.74) is 0.541. The van der Waals surface area contributed by atoms with E-state index in [4.69, 9.17) is 13.8 Å². The van der Waals surface area contributed by atoms with Gasteiger partial charge in [-0.3, -0.25) is 4.57 Å². The third-order valence-electron chi connectivity index (χ3n) is 8.20. The van der Waals surface area contributed by atoms with Gasteiger partial charge in [-0.1, -0.05) is 66.5 Å². The van der Waals surface area contributed by atoms with Gasteiger partial charge in [0.2, 0.25) is 0 Å². The lowest BCUT2D eigenvalue weighted by atomic mass is 9.75. The van der Waals surface area contributed by atoms with Crippen LogP contribution in [0.3, 0.4) is 0 Å². The van der Waals surface area contributed by atoms with Gasteiger partial charge in [0.1, 0.15) is 5.75 Å². The van der Waals surface area contributed by atoms with Crippen LogP contribution in [0, 0.1) is 35.5 Å². The van der Waals surface area contributed by atoms with Crippen LogP contribution in [-0.4, -0.2) is 24.4 Å². The molecular formula is C28H47O5P. The fourth-order valence-corrected chi connectivity index (χ4v) is 8.01. The van der Waals surface area contributed by atoms with Crippen molar-refractivity contribution in [1.82, 2.24) is 0 Å². The van der Waals surface area contributed by atoms with E-state index in [0.717, 1.165) is 38.5 Å². The van der Waals surface area contributed by atoms with Gasteiger partial charge in [-0.25, -0.2) is 0 Å². The van der Waals surface area contributed by atoms with Crippen LogP contribution in [0.15, 0.2) is 24.3 Å². The van der Waals surface area contributed by atoms with E-state index in [1.165, 1.54) is 0 Å². The quantitative estimate of drug-likeness (QED) is 0.354. The van der Waals surface area contributed by atoms with Crippen molar-refractivity contribution in [2.24, 2.45) is 35.5 Å². The van der Waals surface area contributed by atoms with Crippen molar-refractivity contribution >= 4 is 7.60 Å². The average molecular weight is 495 g/mol. The van der Waals surface area contributed by atoms with Gasteiger partial charge in [0.15, 0.2) is 5.85 Å². The molecule has 1 aromatic rings. The van der Waals surface area contributed by atoms with Crippen molar-refractivity contribution < 1.29 is 23.5 Å². The van der Waals surface area contributed by atoms with Gasteiger partial charge in [0, 0.05) is 0 Å². The Morgan fingerprint density at radius 1 is 0.824 bits per heavy atom. The fraction of sp³-hybridized carbons (Fsp3) is 0.786. The summed E-state index contributed by atoms with van der Waals surface area (Å²) in [4.78, 5) is 0. The Morgan fingerprint density at radius 3 is 1.65 bits per heavy atom. The molecule has 0 bridgehead atoms. The summed E-state index contributed by atoms with van der Waals surface area (Å²) in [5, 5.41) is 11.5. The van der Waals surface area contributed by atoms with Crippen LogP contribution in [0.4, 0.5) is 0 Å². The van der Waals surface area contributed by atoms with Gasteiger partial charge < -0.3 is 18.9 Å². The molecule has 2 saturated carbocycles. The summed E-state index contributed by atoms with van der Waals surface area (Å²) in [7, 11) is -2.28. The van der Waals surface area contributed by atoms with Crippen molar-refractivity contribution in [3.63, 3.8) is 0 Å². The average Bonchev–Trinajstić information content (AvgIpc) is 2.78. The Hall–Kier alpha value is -0.870. The zero-order valence-corrected chi connectivity index (χ0v) is 23.2. The summed E-state index contributed by atoms with van der Waals surface area (Å²) in [6, 6.07) is 7.08. The highest BCUT2D eigenvalue weighted by Crippen LogP contribution is 2.64. The van der Waals surface area contributed by atoms with E-state index in [1.807, 2.05) is 0 Å². The Bertz CT molecular complexity index is 770. The van der Waals surface area contributed by atoms with Crippen LogP contribution >= 0.6 is 7.60 Å². The lowest BCUT2D eigenvalue weighted by Crippen LogP contribution is -2.37. The van der Waals surface area contributed by atoms with E-state index in [-0.39, 0.29) is 12.2 Å². The van der Waals surface area contributed by atoms with E-state index in [9.17, 15) is 9.67 Å². The SMILES string of the molecule is COc1ccc([C@H](O)P(=O)(O[C@@H]2C[C@@H](C)CC[C@@H]2C(C)C)O[C@@H]2C[C@@H](C)CC[C@@H]2C(C)C)cc1. The molecule has 2 aliphatic carbocycles. The topological polar surface area (TPSA) is 65.0 Å². The normalized spacial score (nSPS) is 31.6. The van der Waals surface area contributed by atoms with Gasteiger partial charge in [0.25, 0.3) is 0 Å². The molecule has 5 nitrogen and oxygen atoms in total. The van der Waals surface area contributed by atoms with Crippen molar-refractivity contribution in [2.45, 2.75) is 98.1 Å². The first kappa shape index (κ1) is 27.7. The summed E-state index contributed by atoms with van der Waals surface area (Å²) in [5.74, 6) is 1.83. The second-order valence-corrected chi connectivity index (χ2v) is 13.6. The highest BCUT2D eigenvalue weighted by Gasteiger charge is 2.46. The Labute approximate surface area is 207 Å². The number of aliphatic hydroxyl groups is 1. The Kier molecular flexibility index (Phi) is 9.71. The third kappa shape index (κ3) is 6.66. The second-order valence-electron chi connectivity index (χ2n) is 11.6. The maximum Gasteiger partial charge on any atom is 0.363 e. The molecule has 0 aromatic heterocycles. The van der Waals surface area contributed by atoms with Crippen LogP contribution < -0.4 is 4.74 Å². The lowest BCUT2D eigenvalue weighted by Gasteiger charge is -2.42. The summed E-state index contributed by atoms with van der Waals surface area (Å²) < 4.78 is 32.9. The molecule has 1 N–H and O–H groups in total.